The largest absolute Gasteiger partial charge is 0.508 e. The Labute approximate surface area is 108 Å². The lowest BCUT2D eigenvalue weighted by Gasteiger charge is -2.19. The van der Waals surface area contributed by atoms with Gasteiger partial charge in [-0.15, -0.1) is 0 Å². The van der Waals surface area contributed by atoms with Crippen LogP contribution in [0.3, 0.4) is 0 Å². The Balaban J connectivity index is 2.52. The second-order valence-electron chi connectivity index (χ2n) is 4.86. The average molecular weight is 251 g/mol. The molecular weight excluding hydrogens is 230 g/mol. The van der Waals surface area contributed by atoms with E-state index in [0.717, 1.165) is 5.56 Å². The maximum atomic E-state index is 11.7. The lowest BCUT2D eigenvalue weighted by atomic mass is 10.1. The fraction of sp³-hybridized carbons (Fsp3) is 0.500. The molecule has 1 aromatic rings. The van der Waals surface area contributed by atoms with Gasteiger partial charge in [0.1, 0.15) is 17.9 Å². The van der Waals surface area contributed by atoms with Crippen molar-refractivity contribution in [3.8, 4) is 5.75 Å². The van der Waals surface area contributed by atoms with Crippen molar-refractivity contribution < 1.29 is 14.6 Å². The fourth-order valence-corrected chi connectivity index (χ4v) is 1.38. The quantitative estimate of drug-likeness (QED) is 0.783. The minimum Gasteiger partial charge on any atom is -0.508 e. The first-order valence-electron chi connectivity index (χ1n) is 6.14. The maximum absolute atomic E-state index is 11.7. The van der Waals surface area contributed by atoms with Gasteiger partial charge >= 0.3 is 5.97 Å². The molecule has 0 saturated heterocycles. The van der Waals surface area contributed by atoms with E-state index in [-0.39, 0.29) is 23.7 Å². The predicted octanol–water partition coefficient (Wildman–Crippen LogP) is 1.85. The highest BCUT2D eigenvalue weighted by atomic mass is 16.5. The van der Waals surface area contributed by atoms with Crippen molar-refractivity contribution >= 4 is 5.97 Å². The van der Waals surface area contributed by atoms with Crippen LogP contribution in [-0.4, -0.2) is 23.2 Å². The highest BCUT2D eigenvalue weighted by Gasteiger charge is 2.19. The number of rotatable bonds is 5. The molecule has 18 heavy (non-hydrogen) atoms. The second kappa shape index (κ2) is 6.40. The lowest BCUT2D eigenvalue weighted by molar-refractivity contribution is -0.151. The monoisotopic (exact) mass is 251 g/mol. The molecule has 0 fully saturated rings. The molecule has 0 amide bonds. The summed E-state index contributed by atoms with van der Waals surface area (Å²) in [6.07, 6.45) is 0.271. The molecule has 100 valence electrons. The van der Waals surface area contributed by atoms with Gasteiger partial charge in [-0.2, -0.15) is 0 Å². The van der Waals surface area contributed by atoms with Crippen LogP contribution in [0.1, 0.15) is 26.3 Å². The summed E-state index contributed by atoms with van der Waals surface area (Å²) in [4.78, 5) is 11.7. The summed E-state index contributed by atoms with van der Waals surface area (Å²) in [5.41, 5.74) is 6.70. The standard InChI is InChI=1S/C14H21NO3/c1-9(2)10(3)18-14(17)13(15)8-11-4-6-12(16)7-5-11/h4-7,9-10,13,16H,8,15H2,1-3H3/t10?,13-/m0/s1. The molecule has 0 aromatic heterocycles. The van der Waals surface area contributed by atoms with Crippen LogP contribution in [0.15, 0.2) is 24.3 Å². The van der Waals surface area contributed by atoms with Crippen molar-refractivity contribution in [1.29, 1.82) is 0 Å². The van der Waals surface area contributed by atoms with E-state index in [9.17, 15) is 4.79 Å². The molecule has 0 radical (unpaired) electrons. The van der Waals surface area contributed by atoms with E-state index >= 15 is 0 Å². The highest BCUT2D eigenvalue weighted by Crippen LogP contribution is 2.12. The van der Waals surface area contributed by atoms with Gasteiger partial charge in [0.15, 0.2) is 0 Å². The van der Waals surface area contributed by atoms with Crippen LogP contribution in [0.2, 0.25) is 0 Å². The molecule has 0 spiro atoms. The van der Waals surface area contributed by atoms with Gasteiger partial charge in [-0.25, -0.2) is 0 Å². The van der Waals surface area contributed by atoms with Crippen LogP contribution >= 0.6 is 0 Å². The zero-order valence-electron chi connectivity index (χ0n) is 11.1. The Kier molecular flexibility index (Phi) is 5.16. The topological polar surface area (TPSA) is 72.5 Å². The van der Waals surface area contributed by atoms with Gasteiger partial charge in [0, 0.05) is 0 Å². The Morgan fingerprint density at radius 2 is 1.83 bits per heavy atom. The smallest absolute Gasteiger partial charge is 0.323 e. The molecule has 0 aliphatic heterocycles. The number of hydrogen-bond donors (Lipinski definition) is 2. The van der Waals surface area contributed by atoms with Gasteiger partial charge < -0.3 is 15.6 Å². The number of ether oxygens (including phenoxy) is 1. The molecule has 4 nitrogen and oxygen atoms in total. The normalized spacial score (nSPS) is 14.3. The molecule has 1 unspecified atom stereocenters. The summed E-state index contributed by atoms with van der Waals surface area (Å²) >= 11 is 0. The SMILES string of the molecule is CC(C)C(C)OC(=O)[C@@H](N)Cc1ccc(O)cc1. The van der Waals surface area contributed by atoms with Crippen LogP contribution in [0.4, 0.5) is 0 Å². The number of benzene rings is 1. The highest BCUT2D eigenvalue weighted by molar-refractivity contribution is 5.76. The van der Waals surface area contributed by atoms with Gasteiger partial charge in [-0.3, -0.25) is 4.79 Å². The molecule has 2 atom stereocenters. The minimum absolute atomic E-state index is 0.136. The Bertz CT molecular complexity index is 387. The predicted molar refractivity (Wildman–Crippen MR) is 70.2 cm³/mol. The maximum Gasteiger partial charge on any atom is 0.323 e. The van der Waals surface area contributed by atoms with Crippen LogP contribution in [-0.2, 0) is 16.0 Å². The van der Waals surface area contributed by atoms with E-state index in [1.54, 1.807) is 24.3 Å². The van der Waals surface area contributed by atoms with Crippen molar-refractivity contribution in [2.24, 2.45) is 11.7 Å². The third-order valence-corrected chi connectivity index (χ3v) is 2.94. The van der Waals surface area contributed by atoms with Gasteiger partial charge in [0.05, 0.1) is 0 Å². The molecule has 3 N–H and O–H groups in total. The number of aromatic hydroxyl groups is 1. The summed E-state index contributed by atoms with van der Waals surface area (Å²) in [7, 11) is 0. The van der Waals surface area contributed by atoms with Crippen molar-refractivity contribution in [1.82, 2.24) is 0 Å². The van der Waals surface area contributed by atoms with Crippen LogP contribution in [0.5, 0.6) is 5.75 Å². The molecule has 0 saturated carbocycles. The first-order valence-corrected chi connectivity index (χ1v) is 6.14. The summed E-state index contributed by atoms with van der Waals surface area (Å²) in [6, 6.07) is 5.97. The number of esters is 1. The van der Waals surface area contributed by atoms with Crippen molar-refractivity contribution in [3.05, 3.63) is 29.8 Å². The van der Waals surface area contributed by atoms with E-state index < -0.39 is 6.04 Å². The van der Waals surface area contributed by atoms with Gasteiger partial charge in [0.2, 0.25) is 0 Å². The first-order chi connectivity index (χ1) is 8.40. The molecule has 4 heteroatoms. The van der Waals surface area contributed by atoms with Crippen molar-refractivity contribution in [3.63, 3.8) is 0 Å². The minimum atomic E-state index is -0.671. The number of hydrogen-bond acceptors (Lipinski definition) is 4. The molecule has 0 aliphatic rings. The third-order valence-electron chi connectivity index (χ3n) is 2.94. The van der Waals surface area contributed by atoms with E-state index in [1.165, 1.54) is 0 Å². The number of phenols is 1. The Morgan fingerprint density at radius 3 is 2.33 bits per heavy atom. The fourth-order valence-electron chi connectivity index (χ4n) is 1.38. The van der Waals surface area contributed by atoms with Crippen LogP contribution in [0, 0.1) is 5.92 Å². The van der Waals surface area contributed by atoms with Gasteiger partial charge in [-0.05, 0) is 37.0 Å². The Morgan fingerprint density at radius 1 is 1.28 bits per heavy atom. The summed E-state index contributed by atoms with van der Waals surface area (Å²) < 4.78 is 5.26. The molecule has 0 bridgehead atoms. The van der Waals surface area contributed by atoms with E-state index in [2.05, 4.69) is 0 Å². The molecule has 0 heterocycles. The third kappa shape index (κ3) is 4.37. The number of phenolic OH excluding ortho intramolecular Hbond substituents is 1. The van der Waals surface area contributed by atoms with Crippen molar-refractivity contribution in [2.75, 3.05) is 0 Å². The van der Waals surface area contributed by atoms with E-state index in [1.807, 2.05) is 20.8 Å². The lowest BCUT2D eigenvalue weighted by Crippen LogP contribution is -2.37. The zero-order valence-corrected chi connectivity index (χ0v) is 11.1. The molecule has 1 aromatic carbocycles. The second-order valence-corrected chi connectivity index (χ2v) is 4.86. The summed E-state index contributed by atoms with van der Waals surface area (Å²) in [5, 5.41) is 9.16. The number of nitrogens with two attached hydrogens (primary N) is 1. The van der Waals surface area contributed by atoms with E-state index in [4.69, 9.17) is 15.6 Å². The van der Waals surface area contributed by atoms with Gasteiger partial charge in [-0.1, -0.05) is 26.0 Å². The van der Waals surface area contributed by atoms with Crippen LogP contribution < -0.4 is 5.73 Å². The average Bonchev–Trinajstić information content (AvgIpc) is 2.31. The van der Waals surface area contributed by atoms with E-state index in [0.29, 0.717) is 6.42 Å². The summed E-state index contributed by atoms with van der Waals surface area (Å²) in [5.74, 6) is 0.0856. The number of carbonyl (C=O) groups excluding carboxylic acids is 1. The van der Waals surface area contributed by atoms with Crippen molar-refractivity contribution in [2.45, 2.75) is 39.3 Å². The Hall–Kier alpha value is -1.55. The molecule has 1 rings (SSSR count). The molecular formula is C14H21NO3. The van der Waals surface area contributed by atoms with Crippen LogP contribution in [0.25, 0.3) is 0 Å². The zero-order chi connectivity index (χ0) is 13.7. The first kappa shape index (κ1) is 14.5. The van der Waals surface area contributed by atoms with Gasteiger partial charge in [0.25, 0.3) is 0 Å². The summed E-state index contributed by atoms with van der Waals surface area (Å²) in [6.45, 7) is 5.84. The molecule has 0 aliphatic carbocycles. The number of carbonyl (C=O) groups is 1.